The van der Waals surface area contributed by atoms with Crippen LogP contribution in [-0.4, -0.2) is 42.7 Å². The van der Waals surface area contributed by atoms with Crippen LogP contribution in [-0.2, 0) is 9.47 Å². The van der Waals surface area contributed by atoms with Gasteiger partial charge in [-0.15, -0.1) is 8.20 Å². The molecule has 0 radical (unpaired) electrons. The third-order valence-electron chi connectivity index (χ3n) is 2.88. The lowest BCUT2D eigenvalue weighted by atomic mass is 10.0. The van der Waals surface area contributed by atoms with Crippen molar-refractivity contribution in [3.8, 4) is 0 Å². The Hall–Kier alpha value is -0.210. The zero-order chi connectivity index (χ0) is 10.1. The lowest BCUT2D eigenvalue weighted by Crippen LogP contribution is -2.38. The first-order valence-corrected chi connectivity index (χ1v) is 6.05. The highest BCUT2D eigenvalue weighted by atomic mass is 31.1. The molecule has 1 unspecified atom stereocenters. The summed E-state index contributed by atoms with van der Waals surface area (Å²) in [6.45, 7) is 4.49. The first kappa shape index (κ1) is 10.3. The minimum Gasteiger partial charge on any atom is -0.389 e. The maximum Gasteiger partial charge on any atom is 0.165 e. The molecule has 1 saturated heterocycles. The van der Waals surface area contributed by atoms with Crippen molar-refractivity contribution < 1.29 is 14.6 Å². The predicted octanol–water partition coefficient (Wildman–Crippen LogP) is 1.04. The minimum absolute atomic E-state index is 0.0954. The van der Waals surface area contributed by atoms with Crippen molar-refractivity contribution in [2.75, 3.05) is 12.8 Å². The third kappa shape index (κ3) is 1.78. The van der Waals surface area contributed by atoms with Crippen LogP contribution in [0.5, 0.6) is 0 Å². The largest absolute Gasteiger partial charge is 0.389 e. The summed E-state index contributed by atoms with van der Waals surface area (Å²) in [6.07, 6.45) is 4.74. The van der Waals surface area contributed by atoms with Crippen molar-refractivity contribution in [2.45, 2.75) is 24.9 Å². The fourth-order valence-electron chi connectivity index (χ4n) is 2.03. The number of rotatable bonds is 2. The van der Waals surface area contributed by atoms with Crippen LogP contribution in [0.1, 0.15) is 6.42 Å². The van der Waals surface area contributed by atoms with Crippen LogP contribution in [0, 0.1) is 5.92 Å². The van der Waals surface area contributed by atoms with Crippen LogP contribution in [0.15, 0.2) is 12.2 Å². The molecule has 0 bridgehead atoms. The fourth-order valence-corrected chi connectivity index (χ4v) is 2.44. The molecule has 1 N–H and O–H groups in total. The molecule has 3 nitrogen and oxygen atoms in total. The summed E-state index contributed by atoms with van der Waals surface area (Å²) in [5.41, 5.74) is 0.862. The molecule has 2 rings (SSSR count). The van der Waals surface area contributed by atoms with Gasteiger partial charge in [0.15, 0.2) is 6.29 Å². The predicted molar refractivity (Wildman–Crippen MR) is 56.8 cm³/mol. The minimum atomic E-state index is -0.412. The topological polar surface area (TPSA) is 38.7 Å². The molecule has 0 aromatic heterocycles. The average Bonchev–Trinajstić information content (AvgIpc) is 2.43. The van der Waals surface area contributed by atoms with Crippen LogP contribution in [0.3, 0.4) is 0 Å². The van der Waals surface area contributed by atoms with Gasteiger partial charge in [-0.05, 0) is 5.57 Å². The Kier molecular flexibility index (Phi) is 3.03. The highest BCUT2D eigenvalue weighted by Crippen LogP contribution is 2.37. The third-order valence-corrected chi connectivity index (χ3v) is 3.43. The highest BCUT2D eigenvalue weighted by Gasteiger charge is 2.42. The van der Waals surface area contributed by atoms with Crippen LogP contribution >= 0.6 is 8.20 Å². The Balaban J connectivity index is 1.99. The van der Waals surface area contributed by atoms with Gasteiger partial charge in [-0.25, -0.2) is 0 Å². The van der Waals surface area contributed by atoms with Crippen molar-refractivity contribution in [2.24, 2.45) is 5.92 Å². The van der Waals surface area contributed by atoms with E-state index in [1.54, 1.807) is 0 Å². The van der Waals surface area contributed by atoms with Crippen LogP contribution < -0.4 is 0 Å². The first-order valence-electron chi connectivity index (χ1n) is 4.78. The van der Waals surface area contributed by atoms with Gasteiger partial charge >= 0.3 is 0 Å². The number of ether oxygens (including phenoxy) is 2. The molecular weight excluding hydrogens is 199 g/mol. The smallest absolute Gasteiger partial charge is 0.165 e. The first-order chi connectivity index (χ1) is 6.72. The van der Waals surface area contributed by atoms with Crippen LogP contribution in [0.4, 0.5) is 0 Å². The molecule has 4 atom stereocenters. The maximum absolute atomic E-state index is 9.60. The number of aliphatic hydroxyl groups is 1. The molecule has 0 aromatic rings. The summed E-state index contributed by atoms with van der Waals surface area (Å²) in [5.74, 6) is 0.183. The second kappa shape index (κ2) is 4.11. The van der Waals surface area contributed by atoms with E-state index in [0.29, 0.717) is 13.0 Å². The molecule has 14 heavy (non-hydrogen) atoms. The van der Waals surface area contributed by atoms with Gasteiger partial charge in [0, 0.05) is 18.5 Å². The van der Waals surface area contributed by atoms with Crippen molar-refractivity contribution in [1.29, 1.82) is 0 Å². The van der Waals surface area contributed by atoms with E-state index < -0.39 is 6.10 Å². The van der Waals surface area contributed by atoms with E-state index in [1.165, 1.54) is 0 Å². The Bertz CT molecular complexity index is 254. The highest BCUT2D eigenvalue weighted by molar-refractivity contribution is 7.36. The number of hydrogen-bond acceptors (Lipinski definition) is 3. The molecule has 2 fully saturated rings. The van der Waals surface area contributed by atoms with E-state index in [2.05, 4.69) is 12.9 Å². The molecule has 78 valence electrons. The number of aliphatic hydroxyl groups excluding tert-OH is 1. The molecule has 1 heterocycles. The standard InChI is InChI=1S/C10H15O3P/c1-6-7-4-12-10(5-14-2)13-9(7)3-8(6)11/h7-11H,1-5H2/t7-,8+,9-,10?/m0/s1. The van der Waals surface area contributed by atoms with Gasteiger partial charge in [0.2, 0.25) is 0 Å². The molecular formula is C10H15O3P. The Labute approximate surface area is 85.5 Å². The summed E-state index contributed by atoms with van der Waals surface area (Å²) in [6, 6.07) is 0. The molecule has 4 heteroatoms. The van der Waals surface area contributed by atoms with Crippen molar-refractivity contribution in [3.05, 3.63) is 12.2 Å². The number of hydrogen-bond donors (Lipinski definition) is 1. The second-order valence-corrected chi connectivity index (χ2v) is 4.59. The summed E-state index contributed by atoms with van der Waals surface area (Å²) >= 11 is 0. The second-order valence-electron chi connectivity index (χ2n) is 3.78. The van der Waals surface area contributed by atoms with Crippen molar-refractivity contribution in [3.63, 3.8) is 0 Å². The monoisotopic (exact) mass is 214 g/mol. The molecule has 0 amide bonds. The summed E-state index contributed by atoms with van der Waals surface area (Å²) in [5, 5.41) is 9.60. The molecule has 0 spiro atoms. The Morgan fingerprint density at radius 2 is 2.36 bits per heavy atom. The summed E-state index contributed by atoms with van der Waals surface area (Å²) in [7, 11) is 1.03. The van der Waals surface area contributed by atoms with Gasteiger partial charge in [-0.2, -0.15) is 0 Å². The normalized spacial score (nSPS) is 42.8. The summed E-state index contributed by atoms with van der Waals surface area (Å²) < 4.78 is 11.2. The van der Waals surface area contributed by atoms with E-state index in [0.717, 1.165) is 19.9 Å². The maximum atomic E-state index is 9.60. The van der Waals surface area contributed by atoms with E-state index in [9.17, 15) is 5.11 Å². The van der Waals surface area contributed by atoms with Gasteiger partial charge < -0.3 is 14.6 Å². The van der Waals surface area contributed by atoms with E-state index in [4.69, 9.17) is 9.47 Å². The Morgan fingerprint density at radius 1 is 1.57 bits per heavy atom. The van der Waals surface area contributed by atoms with Crippen LogP contribution in [0.25, 0.3) is 0 Å². The average molecular weight is 214 g/mol. The van der Waals surface area contributed by atoms with Crippen molar-refractivity contribution >= 4 is 14.5 Å². The van der Waals surface area contributed by atoms with E-state index >= 15 is 0 Å². The summed E-state index contributed by atoms with van der Waals surface area (Å²) in [4.78, 5) is 0. The lowest BCUT2D eigenvalue weighted by molar-refractivity contribution is -0.213. The van der Waals surface area contributed by atoms with E-state index in [-0.39, 0.29) is 18.3 Å². The van der Waals surface area contributed by atoms with Gasteiger partial charge in [-0.1, -0.05) is 12.9 Å². The zero-order valence-corrected chi connectivity index (χ0v) is 8.95. The van der Waals surface area contributed by atoms with E-state index in [1.807, 2.05) is 0 Å². The Morgan fingerprint density at radius 3 is 3.07 bits per heavy atom. The van der Waals surface area contributed by atoms with Crippen molar-refractivity contribution in [1.82, 2.24) is 0 Å². The molecule has 1 aliphatic heterocycles. The van der Waals surface area contributed by atoms with Gasteiger partial charge in [0.05, 0.1) is 18.8 Å². The lowest BCUT2D eigenvalue weighted by Gasteiger charge is -2.32. The zero-order valence-electron chi connectivity index (χ0n) is 8.06. The SMILES string of the molecule is C=PCC1OC[C@H]2C(=C)[C@H](O)C[C@@H]2O1. The van der Waals surface area contributed by atoms with Gasteiger partial charge in [0.25, 0.3) is 0 Å². The molecule has 1 aliphatic carbocycles. The molecule has 0 aromatic carbocycles. The molecule has 2 aliphatic rings. The molecule has 1 saturated carbocycles. The fraction of sp³-hybridized carbons (Fsp3) is 0.700. The van der Waals surface area contributed by atoms with Gasteiger partial charge in [-0.3, -0.25) is 0 Å². The van der Waals surface area contributed by atoms with Crippen LogP contribution in [0.2, 0.25) is 0 Å². The van der Waals surface area contributed by atoms with Gasteiger partial charge in [0.1, 0.15) is 0 Å². The quantitative estimate of drug-likeness (QED) is 0.551. The number of fused-ring (bicyclic) bond motifs is 1.